The van der Waals surface area contributed by atoms with Gasteiger partial charge in [-0.3, -0.25) is 4.79 Å². The van der Waals surface area contributed by atoms with Gasteiger partial charge in [-0.2, -0.15) is 0 Å². The number of methoxy groups -OCH3 is 2. The zero-order valence-corrected chi connectivity index (χ0v) is 9.96. The van der Waals surface area contributed by atoms with Gasteiger partial charge < -0.3 is 20.2 Å². The summed E-state index contributed by atoms with van der Waals surface area (Å²) in [4.78, 5) is 14.3. The van der Waals surface area contributed by atoms with Crippen LogP contribution in [-0.2, 0) is 0 Å². The molecule has 0 atom stereocenters. The number of pyridine rings is 1. The maximum Gasteiger partial charge on any atom is 0.271 e. The zero-order chi connectivity index (χ0) is 12.6. The van der Waals surface area contributed by atoms with E-state index in [0.29, 0.717) is 17.0 Å². The number of nitrogens with two attached hydrogens (primary N) is 1. The van der Waals surface area contributed by atoms with E-state index in [-0.39, 0.29) is 11.2 Å². The van der Waals surface area contributed by atoms with Gasteiger partial charge in [0.15, 0.2) is 11.5 Å². The van der Waals surface area contributed by atoms with Gasteiger partial charge in [-0.15, -0.1) is 0 Å². The Balaban J connectivity index is 2.88. The van der Waals surface area contributed by atoms with E-state index in [2.05, 4.69) is 4.98 Å². The number of rotatable bonds is 2. The largest absolute Gasteiger partial charge is 0.493 e. The second-order valence-corrected chi connectivity index (χ2v) is 3.75. The van der Waals surface area contributed by atoms with Crippen molar-refractivity contribution in [3.63, 3.8) is 0 Å². The number of ether oxygens (including phenoxy) is 2. The number of aromatic amines is 1. The van der Waals surface area contributed by atoms with Crippen LogP contribution >= 0.6 is 0 Å². The Morgan fingerprint density at radius 2 is 1.76 bits per heavy atom. The summed E-state index contributed by atoms with van der Waals surface area (Å²) in [6.45, 7) is 1.80. The number of aromatic nitrogens is 1. The number of aryl methyl sites for hydroxylation is 1. The van der Waals surface area contributed by atoms with E-state index < -0.39 is 0 Å². The van der Waals surface area contributed by atoms with Crippen molar-refractivity contribution in [2.24, 2.45) is 0 Å². The fourth-order valence-corrected chi connectivity index (χ4v) is 1.80. The first-order valence-corrected chi connectivity index (χ1v) is 5.12. The Labute approximate surface area is 98.2 Å². The predicted octanol–water partition coefficient (Wildman–Crippen LogP) is 1.44. The molecule has 1 aromatic heterocycles. The highest BCUT2D eigenvalue weighted by Crippen LogP contribution is 2.32. The lowest BCUT2D eigenvalue weighted by Gasteiger charge is -2.11. The molecule has 1 heterocycles. The highest BCUT2D eigenvalue weighted by atomic mass is 16.5. The Morgan fingerprint density at radius 1 is 1.18 bits per heavy atom. The summed E-state index contributed by atoms with van der Waals surface area (Å²) in [5.41, 5.74) is 7.05. The summed E-state index contributed by atoms with van der Waals surface area (Å²) in [6.07, 6.45) is 0. The molecule has 90 valence electrons. The van der Waals surface area contributed by atoms with Crippen LogP contribution in [0.15, 0.2) is 16.9 Å². The van der Waals surface area contributed by atoms with E-state index in [1.165, 1.54) is 0 Å². The quantitative estimate of drug-likeness (QED) is 0.824. The lowest BCUT2D eigenvalue weighted by molar-refractivity contribution is 0.356. The monoisotopic (exact) mass is 234 g/mol. The van der Waals surface area contributed by atoms with E-state index in [0.717, 1.165) is 10.9 Å². The van der Waals surface area contributed by atoms with Crippen molar-refractivity contribution in [1.82, 2.24) is 4.98 Å². The van der Waals surface area contributed by atoms with Gasteiger partial charge in [-0.05, 0) is 18.6 Å². The summed E-state index contributed by atoms with van der Waals surface area (Å²) < 4.78 is 10.4. The molecule has 0 aliphatic carbocycles. The molecule has 0 spiro atoms. The summed E-state index contributed by atoms with van der Waals surface area (Å²) in [5.74, 6) is 1.18. The Morgan fingerprint density at radius 3 is 2.35 bits per heavy atom. The van der Waals surface area contributed by atoms with Crippen LogP contribution in [0.25, 0.3) is 10.9 Å². The number of benzene rings is 1. The van der Waals surface area contributed by atoms with Gasteiger partial charge in [0.25, 0.3) is 5.56 Å². The molecule has 0 unspecified atom stereocenters. The molecule has 5 heteroatoms. The fraction of sp³-hybridized carbons (Fsp3) is 0.250. The number of H-pyrrole nitrogens is 1. The van der Waals surface area contributed by atoms with E-state index in [1.54, 1.807) is 33.3 Å². The minimum absolute atomic E-state index is 0.227. The van der Waals surface area contributed by atoms with Crippen LogP contribution in [0.4, 0.5) is 5.69 Å². The number of fused-ring (bicyclic) bond motifs is 1. The summed E-state index contributed by atoms with van der Waals surface area (Å²) in [7, 11) is 3.11. The molecule has 3 N–H and O–H groups in total. The van der Waals surface area contributed by atoms with Crippen molar-refractivity contribution in [3.8, 4) is 11.5 Å². The zero-order valence-electron chi connectivity index (χ0n) is 9.96. The van der Waals surface area contributed by atoms with Crippen LogP contribution in [0, 0.1) is 6.92 Å². The number of nitrogen functional groups attached to an aromatic ring is 1. The fourth-order valence-electron chi connectivity index (χ4n) is 1.80. The molecule has 0 saturated heterocycles. The molecule has 1 aromatic carbocycles. The topological polar surface area (TPSA) is 77.3 Å². The van der Waals surface area contributed by atoms with Gasteiger partial charge in [-0.25, -0.2) is 0 Å². The van der Waals surface area contributed by atoms with E-state index in [1.807, 2.05) is 0 Å². The molecule has 0 saturated carbocycles. The third-order valence-corrected chi connectivity index (χ3v) is 2.82. The van der Waals surface area contributed by atoms with Crippen LogP contribution in [0.2, 0.25) is 0 Å². The molecule has 0 amide bonds. The van der Waals surface area contributed by atoms with Crippen LogP contribution in [-0.4, -0.2) is 19.2 Å². The van der Waals surface area contributed by atoms with Gasteiger partial charge >= 0.3 is 0 Å². The molecule has 0 radical (unpaired) electrons. The molecular formula is C12H14N2O3. The smallest absolute Gasteiger partial charge is 0.271 e. The first kappa shape index (κ1) is 11.3. The molecule has 17 heavy (non-hydrogen) atoms. The number of nitrogens with one attached hydrogen (secondary N) is 1. The van der Waals surface area contributed by atoms with E-state index in [4.69, 9.17) is 15.2 Å². The maximum absolute atomic E-state index is 11.6. The van der Waals surface area contributed by atoms with Crippen LogP contribution in [0.3, 0.4) is 0 Å². The first-order valence-electron chi connectivity index (χ1n) is 5.12. The van der Waals surface area contributed by atoms with Crippen molar-refractivity contribution in [2.75, 3.05) is 20.0 Å². The van der Waals surface area contributed by atoms with Crippen molar-refractivity contribution in [2.45, 2.75) is 6.92 Å². The summed E-state index contributed by atoms with van der Waals surface area (Å²) in [5, 5.41) is 0.847. The molecule has 5 nitrogen and oxygen atoms in total. The average Bonchev–Trinajstić information content (AvgIpc) is 2.34. The molecule has 2 rings (SSSR count). The summed E-state index contributed by atoms with van der Waals surface area (Å²) in [6, 6.07) is 3.53. The third kappa shape index (κ3) is 1.69. The number of anilines is 1. The van der Waals surface area contributed by atoms with Crippen LogP contribution in [0.5, 0.6) is 11.5 Å². The van der Waals surface area contributed by atoms with Crippen LogP contribution < -0.4 is 20.8 Å². The van der Waals surface area contributed by atoms with Gasteiger partial charge in [-0.1, -0.05) is 0 Å². The van der Waals surface area contributed by atoms with Crippen LogP contribution in [0.1, 0.15) is 5.56 Å². The minimum Gasteiger partial charge on any atom is -0.493 e. The highest BCUT2D eigenvalue weighted by Gasteiger charge is 2.11. The lowest BCUT2D eigenvalue weighted by Crippen LogP contribution is -2.13. The Kier molecular flexibility index (Phi) is 2.67. The molecule has 0 bridgehead atoms. The standard InChI is InChI=1S/C12H14N2O3/c1-6-7-4-9(16-2)10(17-3)5-8(7)14-12(15)11(6)13/h4-5H,13H2,1-3H3,(H,14,15). The van der Waals surface area contributed by atoms with Gasteiger partial charge in [0, 0.05) is 11.5 Å². The van der Waals surface area contributed by atoms with Crippen molar-refractivity contribution in [3.05, 3.63) is 28.0 Å². The normalized spacial score (nSPS) is 10.5. The SMILES string of the molecule is COc1cc2[nH]c(=O)c(N)c(C)c2cc1OC. The minimum atomic E-state index is -0.290. The number of hydrogen-bond donors (Lipinski definition) is 2. The summed E-state index contributed by atoms with van der Waals surface area (Å²) >= 11 is 0. The van der Waals surface area contributed by atoms with Crippen molar-refractivity contribution >= 4 is 16.6 Å². The first-order chi connectivity index (χ1) is 8.08. The molecule has 2 aromatic rings. The van der Waals surface area contributed by atoms with Crippen molar-refractivity contribution < 1.29 is 9.47 Å². The van der Waals surface area contributed by atoms with Crippen molar-refractivity contribution in [1.29, 1.82) is 0 Å². The van der Waals surface area contributed by atoms with Gasteiger partial charge in [0.2, 0.25) is 0 Å². The van der Waals surface area contributed by atoms with E-state index >= 15 is 0 Å². The van der Waals surface area contributed by atoms with E-state index in [9.17, 15) is 4.79 Å². The molecule has 0 fully saturated rings. The maximum atomic E-state index is 11.6. The van der Waals surface area contributed by atoms with Gasteiger partial charge in [0.1, 0.15) is 5.69 Å². The predicted molar refractivity (Wildman–Crippen MR) is 66.8 cm³/mol. The average molecular weight is 234 g/mol. The third-order valence-electron chi connectivity index (χ3n) is 2.82. The van der Waals surface area contributed by atoms with Gasteiger partial charge in [0.05, 0.1) is 19.7 Å². The Hall–Kier alpha value is -2.17. The molecule has 0 aliphatic heterocycles. The highest BCUT2D eigenvalue weighted by molar-refractivity contribution is 5.88. The molecular weight excluding hydrogens is 220 g/mol. The number of hydrogen-bond acceptors (Lipinski definition) is 4. The second-order valence-electron chi connectivity index (χ2n) is 3.75. The molecule has 0 aliphatic rings. The second kappa shape index (κ2) is 4.01. The Bertz CT molecular complexity index is 632. The lowest BCUT2D eigenvalue weighted by atomic mass is 10.1.